The van der Waals surface area contributed by atoms with E-state index >= 15 is 0 Å². The molecular formula is C12H14N4O. The van der Waals surface area contributed by atoms with Gasteiger partial charge in [-0.3, -0.25) is 4.98 Å². The Morgan fingerprint density at radius 1 is 1.24 bits per heavy atom. The molecule has 0 bridgehead atoms. The SMILES string of the molecule is N[C@@H]1CCC[C@@H]1c1noc(-c2ccncc2)n1. The van der Waals surface area contributed by atoms with Crippen molar-refractivity contribution in [1.82, 2.24) is 15.1 Å². The molecule has 0 aliphatic heterocycles. The summed E-state index contributed by atoms with van der Waals surface area (Å²) < 4.78 is 5.27. The summed E-state index contributed by atoms with van der Waals surface area (Å²) in [5.74, 6) is 1.53. The average Bonchev–Trinajstić information content (AvgIpc) is 2.98. The molecule has 5 heteroatoms. The van der Waals surface area contributed by atoms with Crippen LogP contribution in [0.4, 0.5) is 0 Å². The fraction of sp³-hybridized carbons (Fsp3) is 0.417. The standard InChI is InChI=1S/C12H14N4O/c13-10-3-1-2-9(10)11-15-12(17-16-11)8-4-6-14-7-5-8/h4-7,9-10H,1-3,13H2/t9-,10+/m0/s1. The summed E-state index contributed by atoms with van der Waals surface area (Å²) in [6.07, 6.45) is 6.66. The van der Waals surface area contributed by atoms with Gasteiger partial charge in [-0.2, -0.15) is 4.98 Å². The van der Waals surface area contributed by atoms with Crippen molar-refractivity contribution in [2.75, 3.05) is 0 Å². The maximum absolute atomic E-state index is 6.03. The van der Waals surface area contributed by atoms with Crippen LogP contribution in [0.25, 0.3) is 11.5 Å². The Balaban J connectivity index is 1.88. The molecule has 1 aliphatic rings. The molecule has 2 heterocycles. The lowest BCUT2D eigenvalue weighted by molar-refractivity contribution is 0.412. The van der Waals surface area contributed by atoms with Gasteiger partial charge in [0.25, 0.3) is 5.89 Å². The van der Waals surface area contributed by atoms with Gasteiger partial charge in [-0.25, -0.2) is 0 Å². The molecule has 1 aliphatic carbocycles. The van der Waals surface area contributed by atoms with E-state index in [0.29, 0.717) is 5.89 Å². The molecule has 1 fully saturated rings. The largest absolute Gasteiger partial charge is 0.334 e. The lowest BCUT2D eigenvalue weighted by Gasteiger charge is -2.09. The van der Waals surface area contributed by atoms with Crippen molar-refractivity contribution in [2.24, 2.45) is 5.73 Å². The minimum Gasteiger partial charge on any atom is -0.334 e. The van der Waals surface area contributed by atoms with E-state index in [2.05, 4.69) is 15.1 Å². The minimum atomic E-state index is 0.165. The predicted molar refractivity (Wildman–Crippen MR) is 62.1 cm³/mol. The summed E-state index contributed by atoms with van der Waals surface area (Å²) in [7, 11) is 0. The Bertz CT molecular complexity index is 496. The molecule has 2 atom stereocenters. The van der Waals surface area contributed by atoms with Gasteiger partial charge in [0.15, 0.2) is 5.82 Å². The van der Waals surface area contributed by atoms with E-state index in [1.807, 2.05) is 12.1 Å². The Morgan fingerprint density at radius 3 is 2.76 bits per heavy atom. The van der Waals surface area contributed by atoms with E-state index < -0.39 is 0 Å². The zero-order valence-corrected chi connectivity index (χ0v) is 9.41. The summed E-state index contributed by atoms with van der Waals surface area (Å²) in [4.78, 5) is 8.38. The third-order valence-corrected chi connectivity index (χ3v) is 3.27. The number of nitrogens with two attached hydrogens (primary N) is 1. The number of hydrogen-bond donors (Lipinski definition) is 1. The summed E-state index contributed by atoms with van der Waals surface area (Å²) >= 11 is 0. The third-order valence-electron chi connectivity index (χ3n) is 3.27. The first kappa shape index (κ1) is 10.4. The lowest BCUT2D eigenvalue weighted by atomic mass is 10.0. The van der Waals surface area contributed by atoms with Crippen molar-refractivity contribution < 1.29 is 4.52 Å². The maximum atomic E-state index is 6.03. The molecule has 0 unspecified atom stereocenters. The van der Waals surface area contributed by atoms with Crippen LogP contribution in [0.3, 0.4) is 0 Å². The molecule has 5 nitrogen and oxygen atoms in total. The lowest BCUT2D eigenvalue weighted by Crippen LogP contribution is -2.23. The summed E-state index contributed by atoms with van der Waals surface area (Å²) in [6, 6.07) is 3.87. The van der Waals surface area contributed by atoms with E-state index in [9.17, 15) is 0 Å². The van der Waals surface area contributed by atoms with Crippen molar-refractivity contribution in [3.8, 4) is 11.5 Å². The van der Waals surface area contributed by atoms with E-state index in [1.165, 1.54) is 0 Å². The van der Waals surface area contributed by atoms with Gasteiger partial charge in [0.2, 0.25) is 0 Å². The van der Waals surface area contributed by atoms with Crippen LogP contribution >= 0.6 is 0 Å². The molecule has 0 radical (unpaired) electrons. The first-order valence-electron chi connectivity index (χ1n) is 5.84. The van der Waals surface area contributed by atoms with Crippen LogP contribution in [-0.2, 0) is 0 Å². The zero-order chi connectivity index (χ0) is 11.7. The highest BCUT2D eigenvalue weighted by molar-refractivity contribution is 5.51. The summed E-state index contributed by atoms with van der Waals surface area (Å²) in [5, 5.41) is 4.04. The van der Waals surface area contributed by atoms with Gasteiger partial charge in [-0.05, 0) is 25.0 Å². The number of nitrogens with zero attached hydrogens (tertiary/aromatic N) is 3. The van der Waals surface area contributed by atoms with E-state index in [0.717, 1.165) is 30.7 Å². The van der Waals surface area contributed by atoms with Gasteiger partial charge in [0, 0.05) is 29.9 Å². The van der Waals surface area contributed by atoms with Crippen molar-refractivity contribution in [1.29, 1.82) is 0 Å². The van der Waals surface area contributed by atoms with Crippen LogP contribution in [0.1, 0.15) is 31.0 Å². The Labute approximate surface area is 99.1 Å². The maximum Gasteiger partial charge on any atom is 0.258 e. The molecular weight excluding hydrogens is 216 g/mol. The van der Waals surface area contributed by atoms with Crippen LogP contribution < -0.4 is 5.73 Å². The van der Waals surface area contributed by atoms with Crippen molar-refractivity contribution in [3.63, 3.8) is 0 Å². The summed E-state index contributed by atoms with van der Waals surface area (Å²) in [5.41, 5.74) is 6.92. The van der Waals surface area contributed by atoms with Gasteiger partial charge in [-0.15, -0.1) is 0 Å². The molecule has 3 rings (SSSR count). The number of aromatic nitrogens is 3. The second-order valence-corrected chi connectivity index (χ2v) is 4.39. The van der Waals surface area contributed by atoms with E-state index in [1.54, 1.807) is 12.4 Å². The summed E-state index contributed by atoms with van der Waals surface area (Å²) in [6.45, 7) is 0. The minimum absolute atomic E-state index is 0.165. The molecule has 17 heavy (non-hydrogen) atoms. The predicted octanol–water partition coefficient (Wildman–Crippen LogP) is 1.73. The van der Waals surface area contributed by atoms with Crippen LogP contribution in [0, 0.1) is 0 Å². The van der Waals surface area contributed by atoms with Gasteiger partial charge < -0.3 is 10.3 Å². The van der Waals surface area contributed by atoms with Crippen LogP contribution in [0.5, 0.6) is 0 Å². The molecule has 2 aromatic rings. The molecule has 88 valence electrons. The van der Waals surface area contributed by atoms with Crippen molar-refractivity contribution in [3.05, 3.63) is 30.4 Å². The molecule has 0 aromatic carbocycles. The van der Waals surface area contributed by atoms with E-state index in [4.69, 9.17) is 10.3 Å². The van der Waals surface area contributed by atoms with Gasteiger partial charge >= 0.3 is 0 Å². The van der Waals surface area contributed by atoms with E-state index in [-0.39, 0.29) is 12.0 Å². The normalized spacial score (nSPS) is 24.1. The quantitative estimate of drug-likeness (QED) is 0.850. The number of rotatable bonds is 2. The van der Waals surface area contributed by atoms with Crippen molar-refractivity contribution in [2.45, 2.75) is 31.2 Å². The fourth-order valence-electron chi connectivity index (χ4n) is 2.31. The fourth-order valence-corrected chi connectivity index (χ4v) is 2.31. The smallest absolute Gasteiger partial charge is 0.258 e. The highest BCUT2D eigenvalue weighted by Crippen LogP contribution is 2.32. The third kappa shape index (κ3) is 1.93. The van der Waals surface area contributed by atoms with Gasteiger partial charge in [0.1, 0.15) is 0 Å². The van der Waals surface area contributed by atoms with Crippen molar-refractivity contribution >= 4 is 0 Å². The first-order chi connectivity index (χ1) is 8.34. The highest BCUT2D eigenvalue weighted by Gasteiger charge is 2.29. The van der Waals surface area contributed by atoms with Gasteiger partial charge in [-0.1, -0.05) is 11.6 Å². The zero-order valence-electron chi connectivity index (χ0n) is 9.41. The monoisotopic (exact) mass is 230 g/mol. The second kappa shape index (κ2) is 4.25. The average molecular weight is 230 g/mol. The number of hydrogen-bond acceptors (Lipinski definition) is 5. The van der Waals surface area contributed by atoms with Gasteiger partial charge in [0.05, 0.1) is 0 Å². The molecule has 2 N–H and O–H groups in total. The molecule has 0 saturated heterocycles. The number of pyridine rings is 1. The Hall–Kier alpha value is -1.75. The molecule has 0 spiro atoms. The first-order valence-corrected chi connectivity index (χ1v) is 5.84. The second-order valence-electron chi connectivity index (χ2n) is 4.39. The topological polar surface area (TPSA) is 77.8 Å². The molecule has 0 amide bonds. The van der Waals surface area contributed by atoms with Crippen LogP contribution in [0.15, 0.2) is 29.0 Å². The van der Waals surface area contributed by atoms with Crippen LogP contribution in [0.2, 0.25) is 0 Å². The Kier molecular flexibility index (Phi) is 2.60. The highest BCUT2D eigenvalue weighted by atomic mass is 16.5. The van der Waals surface area contributed by atoms with Crippen LogP contribution in [-0.4, -0.2) is 21.2 Å². The molecule has 2 aromatic heterocycles. The molecule has 1 saturated carbocycles. The Morgan fingerprint density at radius 2 is 2.06 bits per heavy atom.